The molecule has 0 bridgehead atoms. The van der Waals surface area contributed by atoms with E-state index < -0.39 is 0 Å². The van der Waals surface area contributed by atoms with Crippen LogP contribution in [0.5, 0.6) is 11.5 Å². The molecule has 0 saturated carbocycles. The van der Waals surface area contributed by atoms with Crippen LogP contribution in [-0.4, -0.2) is 10.6 Å². The van der Waals surface area contributed by atoms with Crippen molar-refractivity contribution in [3.05, 3.63) is 89.7 Å². The van der Waals surface area contributed by atoms with Crippen LogP contribution in [0.15, 0.2) is 73.1 Å². The predicted molar refractivity (Wildman–Crippen MR) is 146 cm³/mol. The lowest BCUT2D eigenvalue weighted by Crippen LogP contribution is -2.33. The topological polar surface area (TPSA) is 31.4 Å². The first-order chi connectivity index (χ1) is 16.8. The minimum atomic E-state index is -0.117. The third-order valence-corrected chi connectivity index (χ3v) is 6.77. The fraction of sp³-hybridized carbons (Fsp3) is 0.469. The van der Waals surface area contributed by atoms with Crippen molar-refractivity contribution in [2.45, 2.75) is 97.2 Å². The zero-order valence-electron chi connectivity index (χ0n) is 22.3. The fourth-order valence-electron chi connectivity index (χ4n) is 4.44. The van der Waals surface area contributed by atoms with Crippen LogP contribution in [0.3, 0.4) is 0 Å². The minimum Gasteiger partial charge on any atom is -0.488 e. The zero-order chi connectivity index (χ0) is 25.2. The van der Waals surface area contributed by atoms with E-state index in [-0.39, 0.29) is 11.0 Å². The molecule has 1 aromatic heterocycles. The number of fused-ring (bicyclic) bond motifs is 1. The van der Waals surface area contributed by atoms with Crippen molar-refractivity contribution < 1.29 is 9.47 Å². The van der Waals surface area contributed by atoms with Gasteiger partial charge in [0.25, 0.3) is 0 Å². The number of hydrogen-bond acceptors (Lipinski definition) is 3. The van der Waals surface area contributed by atoms with Gasteiger partial charge in [-0.3, -0.25) is 4.98 Å². The molecule has 2 aromatic carbocycles. The molecule has 0 fully saturated rings. The van der Waals surface area contributed by atoms with Crippen molar-refractivity contribution in [2.24, 2.45) is 0 Å². The van der Waals surface area contributed by atoms with Crippen molar-refractivity contribution >= 4 is 0 Å². The molecule has 0 saturated heterocycles. The van der Waals surface area contributed by atoms with Gasteiger partial charge >= 0.3 is 0 Å². The first-order valence-corrected chi connectivity index (χ1v) is 13.2. The van der Waals surface area contributed by atoms with Crippen LogP contribution in [0.4, 0.5) is 0 Å². The number of unbranched alkanes of at least 4 members (excludes halogenated alkanes) is 3. The fourth-order valence-corrected chi connectivity index (χ4v) is 4.44. The van der Waals surface area contributed by atoms with E-state index in [1.807, 2.05) is 24.3 Å². The number of pyridine rings is 1. The molecule has 3 heteroatoms. The normalized spacial score (nSPS) is 14.2. The van der Waals surface area contributed by atoms with Gasteiger partial charge in [-0.1, -0.05) is 82.9 Å². The molecule has 0 N–H and O–H groups in total. The molecule has 3 aromatic rings. The van der Waals surface area contributed by atoms with Gasteiger partial charge in [-0.05, 0) is 73.9 Å². The molecule has 3 nitrogen and oxygen atoms in total. The van der Waals surface area contributed by atoms with Crippen LogP contribution in [0.1, 0.15) is 89.8 Å². The van der Waals surface area contributed by atoms with E-state index >= 15 is 0 Å². The summed E-state index contributed by atoms with van der Waals surface area (Å²) in [4.78, 5) is 3.78. The molecule has 1 aliphatic rings. The molecule has 4 rings (SSSR count). The van der Waals surface area contributed by atoms with E-state index in [0.29, 0.717) is 6.61 Å². The van der Waals surface area contributed by atoms with E-state index in [4.69, 9.17) is 9.47 Å². The molecule has 2 heterocycles. The summed E-state index contributed by atoms with van der Waals surface area (Å²) in [5, 5.41) is 0. The summed E-state index contributed by atoms with van der Waals surface area (Å²) in [5.41, 5.74) is 3.74. The lowest BCUT2D eigenvalue weighted by Gasteiger charge is -2.35. The summed E-state index contributed by atoms with van der Waals surface area (Å²) < 4.78 is 12.8. The maximum Gasteiger partial charge on any atom is 0.127 e. The van der Waals surface area contributed by atoms with E-state index in [9.17, 15) is 0 Å². The van der Waals surface area contributed by atoms with Gasteiger partial charge in [0, 0.05) is 18.0 Å². The van der Waals surface area contributed by atoms with E-state index in [2.05, 4.69) is 76.0 Å². The summed E-state index contributed by atoms with van der Waals surface area (Å²) in [7, 11) is 0. The van der Waals surface area contributed by atoms with Gasteiger partial charge < -0.3 is 9.47 Å². The Morgan fingerprint density at radius 1 is 0.943 bits per heavy atom. The number of ether oxygens (including phenoxy) is 2. The van der Waals surface area contributed by atoms with Gasteiger partial charge in [-0.15, -0.1) is 0 Å². The van der Waals surface area contributed by atoms with Gasteiger partial charge in [0.05, 0.1) is 0 Å². The van der Waals surface area contributed by atoms with E-state index in [1.54, 1.807) is 12.4 Å². The summed E-state index contributed by atoms with van der Waals surface area (Å²) in [5.74, 6) is 2.02. The van der Waals surface area contributed by atoms with Crippen molar-refractivity contribution in [3.8, 4) is 11.5 Å². The molecule has 0 atom stereocenters. The SMILES string of the molecule is CCCCCCC(C)(C)c1cc(OCc2ccccc2)c2c(c1)OC(C)(C)CC2.c1ccncc1. The first kappa shape index (κ1) is 26.8. The second-order valence-electron chi connectivity index (χ2n) is 10.8. The van der Waals surface area contributed by atoms with Crippen molar-refractivity contribution in [1.82, 2.24) is 4.98 Å². The van der Waals surface area contributed by atoms with Gasteiger partial charge in [0.2, 0.25) is 0 Å². The van der Waals surface area contributed by atoms with Crippen LogP contribution in [0.25, 0.3) is 0 Å². The second kappa shape index (κ2) is 12.8. The molecular formula is C32H43NO2. The predicted octanol–water partition coefficient (Wildman–Crippen LogP) is 8.70. The molecule has 188 valence electrons. The summed E-state index contributed by atoms with van der Waals surface area (Å²) in [6, 6.07) is 20.7. The largest absolute Gasteiger partial charge is 0.488 e. The number of nitrogens with zero attached hydrogens (tertiary/aromatic N) is 1. The Kier molecular flexibility index (Phi) is 9.77. The average Bonchev–Trinajstić information content (AvgIpc) is 2.86. The van der Waals surface area contributed by atoms with Crippen molar-refractivity contribution in [2.75, 3.05) is 0 Å². The molecule has 1 aliphatic heterocycles. The Morgan fingerprint density at radius 2 is 1.66 bits per heavy atom. The highest BCUT2D eigenvalue weighted by molar-refractivity contribution is 5.51. The number of hydrogen-bond donors (Lipinski definition) is 0. The molecule has 0 unspecified atom stereocenters. The Morgan fingerprint density at radius 3 is 2.29 bits per heavy atom. The lowest BCUT2D eigenvalue weighted by molar-refractivity contribution is 0.0828. The highest BCUT2D eigenvalue weighted by Gasteiger charge is 2.31. The molecule has 35 heavy (non-hydrogen) atoms. The Bertz CT molecular complexity index is 986. The smallest absolute Gasteiger partial charge is 0.127 e. The summed E-state index contributed by atoms with van der Waals surface area (Å²) in [6.07, 6.45) is 11.9. The Hall–Kier alpha value is -2.81. The second-order valence-corrected chi connectivity index (χ2v) is 10.8. The molecule has 0 spiro atoms. The standard InChI is InChI=1S/C27H38O2.C5H5N/c1-6-7-8-12-16-26(2,3)22-18-24(28-20-21-13-10-9-11-14-21)23-15-17-27(4,5)29-25(23)19-22;1-2-4-6-5-3-1/h9-11,13-14,18-19H,6-8,12,15-17,20H2,1-5H3;1-5H. The molecule has 0 aliphatic carbocycles. The van der Waals surface area contributed by atoms with Crippen molar-refractivity contribution in [3.63, 3.8) is 0 Å². The van der Waals surface area contributed by atoms with E-state index in [1.165, 1.54) is 48.8 Å². The highest BCUT2D eigenvalue weighted by Crippen LogP contribution is 2.43. The minimum absolute atomic E-state index is 0.110. The molecule has 0 radical (unpaired) electrons. The Balaban J connectivity index is 0.000000497. The molecular weight excluding hydrogens is 430 g/mol. The maximum atomic E-state index is 6.41. The lowest BCUT2D eigenvalue weighted by atomic mass is 9.78. The first-order valence-electron chi connectivity index (χ1n) is 13.2. The Labute approximate surface area is 212 Å². The van der Waals surface area contributed by atoms with Gasteiger partial charge in [0.1, 0.15) is 23.7 Å². The number of aromatic nitrogens is 1. The van der Waals surface area contributed by atoms with Crippen LogP contribution >= 0.6 is 0 Å². The van der Waals surface area contributed by atoms with Crippen LogP contribution in [-0.2, 0) is 18.4 Å². The summed E-state index contributed by atoms with van der Waals surface area (Å²) >= 11 is 0. The van der Waals surface area contributed by atoms with Crippen molar-refractivity contribution in [1.29, 1.82) is 0 Å². The highest BCUT2D eigenvalue weighted by atomic mass is 16.5. The number of rotatable bonds is 9. The summed E-state index contributed by atoms with van der Waals surface area (Å²) in [6.45, 7) is 11.9. The van der Waals surface area contributed by atoms with Gasteiger partial charge in [-0.25, -0.2) is 0 Å². The third kappa shape index (κ3) is 8.42. The number of benzene rings is 2. The third-order valence-electron chi connectivity index (χ3n) is 6.77. The maximum absolute atomic E-state index is 6.41. The van der Waals surface area contributed by atoms with Gasteiger partial charge in [-0.2, -0.15) is 0 Å². The van der Waals surface area contributed by atoms with Crippen LogP contribution in [0, 0.1) is 0 Å². The monoisotopic (exact) mass is 473 g/mol. The zero-order valence-corrected chi connectivity index (χ0v) is 22.3. The molecule has 0 amide bonds. The van der Waals surface area contributed by atoms with Crippen LogP contribution < -0.4 is 9.47 Å². The average molecular weight is 474 g/mol. The van der Waals surface area contributed by atoms with Crippen LogP contribution in [0.2, 0.25) is 0 Å². The van der Waals surface area contributed by atoms with Gasteiger partial charge in [0.15, 0.2) is 0 Å². The quantitative estimate of drug-likeness (QED) is 0.291. The van der Waals surface area contributed by atoms with E-state index in [0.717, 1.165) is 24.3 Å².